The van der Waals surface area contributed by atoms with Crippen LogP contribution >= 0.6 is 15.9 Å². The molecule has 0 saturated heterocycles. The third kappa shape index (κ3) is 5.36. The molecule has 2 atom stereocenters. The summed E-state index contributed by atoms with van der Waals surface area (Å²) >= 11 is 3.54. The van der Waals surface area contributed by atoms with Gasteiger partial charge in [-0.2, -0.15) is 0 Å². The molecule has 38 heavy (non-hydrogen) atoms. The lowest BCUT2D eigenvalue weighted by atomic mass is 9.96. The molecular formula is C28H30BrN3O5S. The van der Waals surface area contributed by atoms with Crippen LogP contribution in [0.15, 0.2) is 53.0 Å². The molecular weight excluding hydrogens is 570 g/mol. The van der Waals surface area contributed by atoms with Gasteiger partial charge in [-0.3, -0.25) is 4.79 Å². The number of aliphatic hydroxyl groups is 1. The molecule has 200 valence electrons. The van der Waals surface area contributed by atoms with Crippen molar-refractivity contribution in [3.05, 3.63) is 75.4 Å². The first-order valence-electron chi connectivity index (χ1n) is 12.4. The zero-order valence-corrected chi connectivity index (χ0v) is 23.9. The monoisotopic (exact) mass is 599 g/mol. The highest BCUT2D eigenvalue weighted by Crippen LogP contribution is 2.44. The van der Waals surface area contributed by atoms with E-state index in [0.717, 1.165) is 26.7 Å². The second-order valence-electron chi connectivity index (χ2n) is 10.3. The maximum Gasteiger partial charge on any atom is 0.270 e. The van der Waals surface area contributed by atoms with Gasteiger partial charge in [-0.15, -0.1) is 0 Å². The van der Waals surface area contributed by atoms with Crippen LogP contribution in [0.4, 0.5) is 0 Å². The minimum Gasteiger partial charge on any atom is -0.454 e. The average molecular weight is 601 g/mol. The van der Waals surface area contributed by atoms with Crippen LogP contribution in [0.3, 0.4) is 0 Å². The number of rotatable bonds is 7. The number of hydrogen-bond acceptors (Lipinski definition) is 6. The Kier molecular flexibility index (Phi) is 7.59. The van der Waals surface area contributed by atoms with Crippen molar-refractivity contribution in [2.24, 2.45) is 0 Å². The summed E-state index contributed by atoms with van der Waals surface area (Å²) in [5.41, 5.74) is 4.45. The van der Waals surface area contributed by atoms with E-state index in [1.807, 2.05) is 67.5 Å². The van der Waals surface area contributed by atoms with Crippen LogP contribution in [0.5, 0.6) is 11.5 Å². The van der Waals surface area contributed by atoms with Gasteiger partial charge in [0.2, 0.25) is 6.79 Å². The van der Waals surface area contributed by atoms with Gasteiger partial charge >= 0.3 is 0 Å². The number of aliphatic hydroxyl groups excluding tert-OH is 1. The molecule has 0 radical (unpaired) electrons. The van der Waals surface area contributed by atoms with E-state index in [-0.39, 0.29) is 31.0 Å². The maximum absolute atomic E-state index is 13.5. The van der Waals surface area contributed by atoms with Crippen LogP contribution in [0.1, 0.15) is 60.4 Å². The Morgan fingerprint density at radius 3 is 2.71 bits per heavy atom. The molecule has 3 heterocycles. The fourth-order valence-corrected chi connectivity index (χ4v) is 6.57. The topological polar surface area (TPSA) is 101 Å². The average Bonchev–Trinajstić information content (AvgIpc) is 3.50. The number of pyridine rings is 1. The highest BCUT2D eigenvalue weighted by Gasteiger charge is 2.40. The van der Waals surface area contributed by atoms with E-state index in [1.165, 1.54) is 0 Å². The van der Waals surface area contributed by atoms with Crippen LogP contribution in [-0.4, -0.2) is 42.7 Å². The molecule has 0 aliphatic carbocycles. The van der Waals surface area contributed by atoms with E-state index >= 15 is 0 Å². The summed E-state index contributed by atoms with van der Waals surface area (Å²) in [6.07, 6.45) is 0.410. The van der Waals surface area contributed by atoms with Crippen molar-refractivity contribution in [3.8, 4) is 22.8 Å². The van der Waals surface area contributed by atoms with Crippen LogP contribution in [0.25, 0.3) is 11.3 Å². The standard InChI is InChI=1S/C28H30BrN3O5S/c1-28(2,3)38(35)32-15-19-13-21(27(34)30-14-17-7-8-23-24(11-17)37-16-36-23)31-26(25(19)22(32)9-10-33)18-5-4-6-20(29)12-18/h4-8,11-13,22,33H,9-10,14-16H2,1-3H3,(H,30,34)/t22-,38-/m1/s1. The van der Waals surface area contributed by atoms with Gasteiger partial charge < -0.3 is 19.9 Å². The Morgan fingerprint density at radius 1 is 1.18 bits per heavy atom. The highest BCUT2D eigenvalue weighted by atomic mass is 79.9. The molecule has 2 aromatic carbocycles. The number of carbonyl (C=O) groups is 1. The van der Waals surface area contributed by atoms with Crippen molar-refractivity contribution < 1.29 is 23.6 Å². The minimum atomic E-state index is -1.32. The Morgan fingerprint density at radius 2 is 1.97 bits per heavy atom. The summed E-state index contributed by atoms with van der Waals surface area (Å²) in [5.74, 6) is 1.04. The van der Waals surface area contributed by atoms with E-state index in [9.17, 15) is 14.1 Å². The Labute approximate surface area is 233 Å². The van der Waals surface area contributed by atoms with Crippen molar-refractivity contribution in [1.29, 1.82) is 0 Å². The van der Waals surface area contributed by atoms with Gasteiger partial charge in [0.05, 0.1) is 16.5 Å². The number of fused-ring (bicyclic) bond motifs is 2. The zero-order valence-electron chi connectivity index (χ0n) is 21.5. The molecule has 2 aliphatic heterocycles. The van der Waals surface area contributed by atoms with E-state index in [4.69, 9.17) is 14.5 Å². The predicted molar refractivity (Wildman–Crippen MR) is 149 cm³/mol. The Balaban J connectivity index is 1.51. The first-order valence-corrected chi connectivity index (χ1v) is 14.3. The Hall–Kier alpha value is -2.79. The summed E-state index contributed by atoms with van der Waals surface area (Å²) in [6, 6.07) is 14.8. The number of aromatic nitrogens is 1. The van der Waals surface area contributed by atoms with E-state index in [0.29, 0.717) is 36.7 Å². The number of nitrogens with zero attached hydrogens (tertiary/aromatic N) is 2. The molecule has 0 spiro atoms. The number of carbonyl (C=O) groups excluding carboxylic acids is 1. The van der Waals surface area contributed by atoms with Gasteiger partial charge in [-0.1, -0.05) is 34.1 Å². The molecule has 0 unspecified atom stereocenters. The first kappa shape index (κ1) is 26.8. The molecule has 0 saturated carbocycles. The highest BCUT2D eigenvalue weighted by molar-refractivity contribution is 9.10. The predicted octanol–water partition coefficient (Wildman–Crippen LogP) is 4.87. The first-order chi connectivity index (χ1) is 18.2. The van der Waals surface area contributed by atoms with Gasteiger partial charge in [-0.25, -0.2) is 13.5 Å². The molecule has 10 heteroatoms. The molecule has 8 nitrogen and oxygen atoms in total. The van der Waals surface area contributed by atoms with Crippen molar-refractivity contribution >= 4 is 32.8 Å². The maximum atomic E-state index is 13.5. The minimum absolute atomic E-state index is 0.0579. The van der Waals surface area contributed by atoms with Crippen molar-refractivity contribution in [3.63, 3.8) is 0 Å². The molecule has 0 bridgehead atoms. The van der Waals surface area contributed by atoms with Crippen LogP contribution in [0, 0.1) is 0 Å². The summed E-state index contributed by atoms with van der Waals surface area (Å²) in [7, 11) is -1.32. The molecule has 2 aliphatic rings. The molecule has 3 aromatic rings. The van der Waals surface area contributed by atoms with E-state index in [1.54, 1.807) is 6.07 Å². The lowest BCUT2D eigenvalue weighted by molar-refractivity contribution is 0.0946. The van der Waals surface area contributed by atoms with E-state index in [2.05, 4.69) is 21.2 Å². The number of hydrogen-bond donors (Lipinski definition) is 2. The van der Waals surface area contributed by atoms with Crippen molar-refractivity contribution in [2.45, 2.75) is 51.1 Å². The summed E-state index contributed by atoms with van der Waals surface area (Å²) in [6.45, 7) is 6.64. The quantitative estimate of drug-likeness (QED) is 0.402. The van der Waals surface area contributed by atoms with Crippen LogP contribution < -0.4 is 14.8 Å². The number of benzene rings is 2. The van der Waals surface area contributed by atoms with Gasteiger partial charge in [0, 0.05) is 35.3 Å². The number of nitrogens with one attached hydrogen (secondary N) is 1. The molecule has 1 aromatic heterocycles. The smallest absolute Gasteiger partial charge is 0.270 e. The third-order valence-electron chi connectivity index (χ3n) is 6.51. The lowest BCUT2D eigenvalue weighted by Gasteiger charge is -2.30. The number of amides is 1. The van der Waals surface area contributed by atoms with Gasteiger partial charge in [0.25, 0.3) is 5.91 Å². The normalized spacial score (nSPS) is 17.3. The Bertz CT molecular complexity index is 1410. The molecule has 2 N–H and O–H groups in total. The fraction of sp³-hybridized carbons (Fsp3) is 0.357. The van der Waals surface area contributed by atoms with Gasteiger partial charge in [0.1, 0.15) is 16.7 Å². The lowest BCUT2D eigenvalue weighted by Crippen LogP contribution is -2.36. The second kappa shape index (κ2) is 10.8. The zero-order chi connectivity index (χ0) is 27.0. The van der Waals surface area contributed by atoms with E-state index < -0.39 is 15.7 Å². The largest absolute Gasteiger partial charge is 0.454 e. The number of halogens is 1. The third-order valence-corrected chi connectivity index (χ3v) is 8.86. The summed E-state index contributed by atoms with van der Waals surface area (Å²) in [5, 5.41) is 12.9. The molecule has 5 rings (SSSR count). The number of ether oxygens (including phenoxy) is 2. The van der Waals surface area contributed by atoms with Crippen molar-refractivity contribution in [2.75, 3.05) is 13.4 Å². The second-order valence-corrected chi connectivity index (χ2v) is 13.4. The summed E-state index contributed by atoms with van der Waals surface area (Å²) in [4.78, 5) is 18.2. The molecule has 0 fully saturated rings. The molecule has 1 amide bonds. The fourth-order valence-electron chi connectivity index (χ4n) is 4.77. The SMILES string of the molecule is CC(C)(C)[S@@](=O)N1Cc2cc(C(=O)NCc3ccc4c(c3)OCO4)nc(-c3cccc(Br)c3)c2[C@H]1CCO. The van der Waals surface area contributed by atoms with Crippen LogP contribution in [0.2, 0.25) is 0 Å². The van der Waals surface area contributed by atoms with Crippen LogP contribution in [-0.2, 0) is 24.1 Å². The van der Waals surface area contributed by atoms with Gasteiger partial charge in [-0.05, 0) is 68.7 Å². The van der Waals surface area contributed by atoms with Gasteiger partial charge in [0.15, 0.2) is 11.5 Å². The van der Waals surface area contributed by atoms with Crippen molar-refractivity contribution in [1.82, 2.24) is 14.6 Å². The summed E-state index contributed by atoms with van der Waals surface area (Å²) < 4.78 is 26.6.